The number of hydrogen-bond donors (Lipinski definition) is 2. The standard InChI is InChI=1S/C16H17NO2.C7H9NO.C7H8O/c1-12-6-7-13-10-17(11-19-16(13)8-12)14-4-3-5-15(9-14)18-2;1-9-7-4-2-3-6(8)5-7;1-6-3-2-4-7(8)5-6/h3-9H,10-11H2,1-2H3;2-5H,8H2,1H3;2-5,8H,1H3. The summed E-state index contributed by atoms with van der Waals surface area (Å²) >= 11 is 0. The van der Waals surface area contributed by atoms with Gasteiger partial charge in [0.05, 0.1) is 14.2 Å². The molecule has 0 amide bonds. The Balaban J connectivity index is 0.000000176. The number of benzene rings is 4. The molecule has 1 heterocycles. The minimum Gasteiger partial charge on any atom is -0.508 e. The topological polar surface area (TPSA) is 77.2 Å². The smallest absolute Gasteiger partial charge is 0.161 e. The molecule has 0 fully saturated rings. The maximum atomic E-state index is 8.81. The maximum absolute atomic E-state index is 8.81. The number of nitrogens with zero attached hydrogens (tertiary/aromatic N) is 1. The number of aromatic hydroxyl groups is 1. The van der Waals surface area contributed by atoms with Crippen LogP contribution in [-0.2, 0) is 6.54 Å². The number of fused-ring (bicyclic) bond motifs is 1. The predicted molar refractivity (Wildman–Crippen MR) is 146 cm³/mol. The Morgan fingerprint density at radius 1 is 0.778 bits per heavy atom. The number of nitrogen functional groups attached to an aromatic ring is 1. The number of hydrogen-bond acceptors (Lipinski definition) is 6. The predicted octanol–water partition coefficient (Wildman–Crippen LogP) is 6.34. The molecule has 4 aromatic carbocycles. The van der Waals surface area contributed by atoms with Gasteiger partial charge in [-0.2, -0.15) is 0 Å². The molecule has 1 aliphatic rings. The van der Waals surface area contributed by atoms with Crippen molar-refractivity contribution in [1.82, 2.24) is 0 Å². The lowest BCUT2D eigenvalue weighted by Crippen LogP contribution is -2.31. The van der Waals surface area contributed by atoms with E-state index in [0.29, 0.717) is 12.5 Å². The third-order valence-electron chi connectivity index (χ3n) is 5.47. The van der Waals surface area contributed by atoms with Crippen molar-refractivity contribution >= 4 is 11.4 Å². The zero-order valence-electron chi connectivity index (χ0n) is 21.3. The van der Waals surface area contributed by atoms with Crippen LogP contribution in [0.1, 0.15) is 16.7 Å². The second-order valence-corrected chi connectivity index (χ2v) is 8.40. The van der Waals surface area contributed by atoms with Gasteiger partial charge in [-0.05, 0) is 67.4 Å². The molecule has 0 saturated heterocycles. The van der Waals surface area contributed by atoms with Crippen LogP contribution in [0.4, 0.5) is 11.4 Å². The average molecular weight is 487 g/mol. The number of phenolic OH excluding ortho intramolecular Hbond substituents is 1. The van der Waals surface area contributed by atoms with Gasteiger partial charge in [-0.3, -0.25) is 0 Å². The molecule has 0 spiro atoms. The van der Waals surface area contributed by atoms with Crippen molar-refractivity contribution in [3.05, 3.63) is 108 Å². The lowest BCUT2D eigenvalue weighted by Gasteiger charge is -2.31. The highest BCUT2D eigenvalue weighted by Crippen LogP contribution is 2.30. The van der Waals surface area contributed by atoms with E-state index in [4.69, 9.17) is 25.1 Å². The first-order valence-corrected chi connectivity index (χ1v) is 11.6. The Bertz CT molecular complexity index is 1240. The molecule has 6 heteroatoms. The summed E-state index contributed by atoms with van der Waals surface area (Å²) < 4.78 is 16.0. The fourth-order valence-corrected chi connectivity index (χ4v) is 3.57. The van der Waals surface area contributed by atoms with Crippen LogP contribution in [0.25, 0.3) is 0 Å². The number of phenols is 1. The minimum absolute atomic E-state index is 0.338. The Morgan fingerprint density at radius 3 is 2.06 bits per heavy atom. The molecule has 0 radical (unpaired) electrons. The van der Waals surface area contributed by atoms with Crippen LogP contribution in [0.15, 0.2) is 91.0 Å². The molecule has 5 rings (SSSR count). The van der Waals surface area contributed by atoms with Crippen LogP contribution in [0, 0.1) is 13.8 Å². The van der Waals surface area contributed by atoms with Gasteiger partial charge in [0, 0.05) is 35.6 Å². The number of nitrogens with two attached hydrogens (primary N) is 1. The van der Waals surface area contributed by atoms with E-state index < -0.39 is 0 Å². The van der Waals surface area contributed by atoms with Crippen molar-refractivity contribution < 1.29 is 19.3 Å². The SMILES string of the molecule is COc1cccc(N)c1.COc1cccc(N2COc3cc(C)ccc3C2)c1.Cc1cccc(O)c1. The molecule has 0 aliphatic carbocycles. The van der Waals surface area contributed by atoms with Crippen molar-refractivity contribution in [3.63, 3.8) is 0 Å². The van der Waals surface area contributed by atoms with Gasteiger partial charge in [-0.1, -0.05) is 36.4 Å². The van der Waals surface area contributed by atoms with Crippen LogP contribution in [-0.4, -0.2) is 26.1 Å². The second kappa shape index (κ2) is 13.0. The molecule has 4 aromatic rings. The van der Waals surface area contributed by atoms with Gasteiger partial charge in [0.1, 0.15) is 23.0 Å². The summed E-state index contributed by atoms with van der Waals surface area (Å²) in [5.41, 5.74) is 10.8. The third-order valence-corrected chi connectivity index (χ3v) is 5.47. The van der Waals surface area contributed by atoms with Gasteiger partial charge in [0.25, 0.3) is 0 Å². The van der Waals surface area contributed by atoms with E-state index in [1.165, 1.54) is 11.1 Å². The number of rotatable bonds is 3. The van der Waals surface area contributed by atoms with Crippen molar-refractivity contribution in [2.24, 2.45) is 0 Å². The second-order valence-electron chi connectivity index (χ2n) is 8.40. The fourth-order valence-electron chi connectivity index (χ4n) is 3.57. The number of methoxy groups -OCH3 is 2. The van der Waals surface area contributed by atoms with E-state index >= 15 is 0 Å². The molecule has 36 heavy (non-hydrogen) atoms. The van der Waals surface area contributed by atoms with Gasteiger partial charge in [-0.15, -0.1) is 0 Å². The minimum atomic E-state index is 0.338. The molecule has 1 aliphatic heterocycles. The fraction of sp³-hybridized carbons (Fsp3) is 0.200. The zero-order chi connectivity index (χ0) is 25.9. The van der Waals surface area contributed by atoms with E-state index in [-0.39, 0.29) is 0 Å². The number of anilines is 2. The first kappa shape index (κ1) is 26.3. The molecule has 0 unspecified atom stereocenters. The van der Waals surface area contributed by atoms with E-state index in [1.54, 1.807) is 32.4 Å². The van der Waals surface area contributed by atoms with E-state index in [9.17, 15) is 0 Å². The molecular weight excluding hydrogens is 452 g/mol. The van der Waals surface area contributed by atoms with E-state index in [0.717, 1.165) is 40.7 Å². The Morgan fingerprint density at radius 2 is 1.44 bits per heavy atom. The summed E-state index contributed by atoms with van der Waals surface area (Å²) in [5, 5.41) is 8.81. The monoisotopic (exact) mass is 486 g/mol. The molecule has 0 atom stereocenters. The lowest BCUT2D eigenvalue weighted by atomic mass is 10.1. The van der Waals surface area contributed by atoms with Gasteiger partial charge in [-0.25, -0.2) is 0 Å². The highest BCUT2D eigenvalue weighted by Gasteiger charge is 2.17. The average Bonchev–Trinajstić information content (AvgIpc) is 2.89. The lowest BCUT2D eigenvalue weighted by molar-refractivity contribution is 0.289. The molecule has 0 aromatic heterocycles. The quantitative estimate of drug-likeness (QED) is 0.329. The van der Waals surface area contributed by atoms with Crippen LogP contribution >= 0.6 is 0 Å². The highest BCUT2D eigenvalue weighted by molar-refractivity contribution is 5.53. The molecule has 188 valence electrons. The summed E-state index contributed by atoms with van der Waals surface area (Å²) in [6, 6.07) is 28.9. The maximum Gasteiger partial charge on any atom is 0.161 e. The summed E-state index contributed by atoms with van der Waals surface area (Å²) in [6.45, 7) is 5.46. The highest BCUT2D eigenvalue weighted by atomic mass is 16.5. The molecule has 3 N–H and O–H groups in total. The normalized spacial score (nSPS) is 11.5. The molecule has 0 saturated carbocycles. The van der Waals surface area contributed by atoms with Crippen molar-refractivity contribution in [1.29, 1.82) is 0 Å². The van der Waals surface area contributed by atoms with Crippen LogP contribution in [0.3, 0.4) is 0 Å². The Hall–Kier alpha value is -4.32. The van der Waals surface area contributed by atoms with Crippen molar-refractivity contribution in [2.45, 2.75) is 20.4 Å². The summed E-state index contributed by atoms with van der Waals surface area (Å²) in [7, 11) is 3.30. The molecule has 0 bridgehead atoms. The number of ether oxygens (including phenoxy) is 3. The van der Waals surface area contributed by atoms with Crippen molar-refractivity contribution in [2.75, 3.05) is 31.6 Å². The first-order valence-electron chi connectivity index (χ1n) is 11.6. The van der Waals surface area contributed by atoms with E-state index in [2.05, 4.69) is 36.1 Å². The van der Waals surface area contributed by atoms with Crippen molar-refractivity contribution in [3.8, 4) is 23.0 Å². The van der Waals surface area contributed by atoms with E-state index in [1.807, 2.05) is 55.5 Å². The number of aryl methyl sites for hydroxylation is 2. The van der Waals surface area contributed by atoms with Crippen LogP contribution in [0.2, 0.25) is 0 Å². The summed E-state index contributed by atoms with van der Waals surface area (Å²) in [6.07, 6.45) is 0. The first-order chi connectivity index (χ1) is 17.4. The van der Waals surface area contributed by atoms with Gasteiger partial charge in [0.15, 0.2) is 6.73 Å². The third kappa shape index (κ3) is 7.87. The largest absolute Gasteiger partial charge is 0.508 e. The van der Waals surface area contributed by atoms with Crippen LogP contribution in [0.5, 0.6) is 23.0 Å². The molecule has 6 nitrogen and oxygen atoms in total. The van der Waals surface area contributed by atoms with Gasteiger partial charge < -0.3 is 30.0 Å². The Kier molecular flexibility index (Phi) is 9.46. The summed E-state index contributed by atoms with van der Waals surface area (Å²) in [4.78, 5) is 2.19. The van der Waals surface area contributed by atoms with Crippen LogP contribution < -0.4 is 24.8 Å². The summed E-state index contributed by atoms with van der Waals surface area (Å²) in [5.74, 6) is 3.01. The zero-order valence-corrected chi connectivity index (χ0v) is 21.3. The van der Waals surface area contributed by atoms with Gasteiger partial charge in [0.2, 0.25) is 0 Å². The Labute approximate surface area is 213 Å². The van der Waals surface area contributed by atoms with Gasteiger partial charge >= 0.3 is 0 Å². The molecular formula is C30H34N2O4.